The van der Waals surface area contributed by atoms with Crippen molar-refractivity contribution in [3.8, 4) is 0 Å². The number of halogens is 1. The predicted molar refractivity (Wildman–Crippen MR) is 149 cm³/mol. The summed E-state index contributed by atoms with van der Waals surface area (Å²) in [7, 11) is -3.47. The molecule has 6 nitrogen and oxygen atoms in total. The standard InChI is InChI=1S/C23H23BrN2O2S.C5H10O2/c24-22(18-5-2-1-3-6-18)11-14-29(27,28)20-15-19-7-4-8-21(23(19)26-16-20)17-9-12-25-13-10-17;1-5(2,3)7-4-6/h1-8,11,15-17,25H,9-10,12-14H2;4H,1-3H3. The number of fused-ring (bicyclic) bond motifs is 1. The SMILES string of the molecule is CC(C)(C)OC=O.O=S(=O)(CC=C(Br)c1ccccc1)c1cnc2c(C3CCNCC3)cccc2c1. The zero-order valence-electron chi connectivity index (χ0n) is 20.9. The second-order valence-electron chi connectivity index (χ2n) is 9.64. The number of hydrogen-bond donors (Lipinski definition) is 1. The van der Waals surface area contributed by atoms with E-state index in [1.165, 1.54) is 11.8 Å². The van der Waals surface area contributed by atoms with Crippen LogP contribution in [0.15, 0.2) is 71.8 Å². The molecular weight excluding hydrogens is 540 g/mol. The number of ether oxygens (including phenoxy) is 1. The van der Waals surface area contributed by atoms with Crippen LogP contribution >= 0.6 is 15.9 Å². The van der Waals surface area contributed by atoms with Gasteiger partial charge in [0.25, 0.3) is 6.47 Å². The van der Waals surface area contributed by atoms with Gasteiger partial charge >= 0.3 is 0 Å². The molecule has 1 saturated heterocycles. The second kappa shape index (κ2) is 12.6. The van der Waals surface area contributed by atoms with E-state index >= 15 is 0 Å². The highest BCUT2D eigenvalue weighted by molar-refractivity contribution is 9.15. The van der Waals surface area contributed by atoms with Crippen molar-refractivity contribution >= 4 is 47.6 Å². The molecule has 0 atom stereocenters. The van der Waals surface area contributed by atoms with Gasteiger partial charge in [0.1, 0.15) is 5.60 Å². The van der Waals surface area contributed by atoms with E-state index in [0.717, 1.165) is 46.9 Å². The van der Waals surface area contributed by atoms with Crippen molar-refractivity contribution < 1.29 is 17.9 Å². The Hall–Kier alpha value is -2.55. The molecule has 8 heteroatoms. The van der Waals surface area contributed by atoms with Crippen LogP contribution in [-0.2, 0) is 19.4 Å². The number of aromatic nitrogens is 1. The number of carbonyl (C=O) groups is 1. The lowest BCUT2D eigenvalue weighted by Gasteiger charge is -2.23. The average molecular weight is 574 g/mol. The summed E-state index contributed by atoms with van der Waals surface area (Å²) in [6, 6.07) is 17.5. The van der Waals surface area contributed by atoms with Crippen LogP contribution in [0.2, 0.25) is 0 Å². The van der Waals surface area contributed by atoms with E-state index < -0.39 is 9.84 Å². The molecule has 0 bridgehead atoms. The smallest absolute Gasteiger partial charge is 0.293 e. The highest BCUT2D eigenvalue weighted by Crippen LogP contribution is 2.31. The molecule has 0 unspecified atom stereocenters. The minimum atomic E-state index is -3.47. The zero-order chi connectivity index (χ0) is 26.2. The molecule has 0 amide bonds. The number of benzene rings is 2. The van der Waals surface area contributed by atoms with Crippen LogP contribution in [-0.4, -0.2) is 44.3 Å². The van der Waals surface area contributed by atoms with E-state index in [4.69, 9.17) is 0 Å². The Morgan fingerprint density at radius 3 is 2.42 bits per heavy atom. The molecule has 1 aromatic heterocycles. The van der Waals surface area contributed by atoms with Crippen molar-refractivity contribution in [1.82, 2.24) is 10.3 Å². The molecule has 1 fully saturated rings. The Morgan fingerprint density at radius 1 is 1.11 bits per heavy atom. The Morgan fingerprint density at radius 2 is 1.81 bits per heavy atom. The van der Waals surface area contributed by atoms with Gasteiger partial charge in [-0.15, -0.1) is 0 Å². The van der Waals surface area contributed by atoms with Crippen LogP contribution < -0.4 is 5.32 Å². The molecule has 1 aliphatic heterocycles. The first-order chi connectivity index (χ1) is 17.1. The molecule has 1 aliphatic rings. The van der Waals surface area contributed by atoms with Crippen LogP contribution in [0.25, 0.3) is 15.4 Å². The number of nitrogens with zero attached hydrogens (tertiary/aromatic N) is 1. The molecule has 0 radical (unpaired) electrons. The Bertz CT molecular complexity index is 1300. The average Bonchev–Trinajstić information content (AvgIpc) is 2.87. The highest BCUT2D eigenvalue weighted by atomic mass is 79.9. The fraction of sp³-hybridized carbons (Fsp3) is 0.357. The predicted octanol–water partition coefficient (Wildman–Crippen LogP) is 5.87. The molecule has 36 heavy (non-hydrogen) atoms. The van der Waals surface area contributed by atoms with Gasteiger partial charge in [0.2, 0.25) is 0 Å². The molecule has 2 aromatic carbocycles. The van der Waals surface area contributed by atoms with Crippen molar-refractivity contribution in [3.63, 3.8) is 0 Å². The monoisotopic (exact) mass is 572 g/mol. The first-order valence-corrected chi connectivity index (χ1v) is 14.4. The maximum absolute atomic E-state index is 12.9. The maximum atomic E-state index is 12.9. The van der Waals surface area contributed by atoms with Crippen LogP contribution in [0.1, 0.15) is 50.7 Å². The Labute approximate surface area is 222 Å². The fourth-order valence-electron chi connectivity index (χ4n) is 3.94. The minimum absolute atomic E-state index is 0.0797. The van der Waals surface area contributed by atoms with Crippen LogP contribution in [0.3, 0.4) is 0 Å². The summed E-state index contributed by atoms with van der Waals surface area (Å²) >= 11 is 3.48. The quantitative estimate of drug-likeness (QED) is 0.372. The maximum Gasteiger partial charge on any atom is 0.293 e. The van der Waals surface area contributed by atoms with Gasteiger partial charge in [0.15, 0.2) is 9.84 Å². The van der Waals surface area contributed by atoms with Crippen molar-refractivity contribution in [2.75, 3.05) is 18.8 Å². The molecule has 192 valence electrons. The summed E-state index contributed by atoms with van der Waals surface area (Å²) in [5.41, 5.74) is 2.77. The lowest BCUT2D eigenvalue weighted by Crippen LogP contribution is -2.26. The Kier molecular flexibility index (Phi) is 9.82. The molecule has 2 heterocycles. The van der Waals surface area contributed by atoms with Crippen molar-refractivity contribution in [2.24, 2.45) is 0 Å². The van der Waals surface area contributed by atoms with Crippen molar-refractivity contribution in [3.05, 3.63) is 78.0 Å². The fourth-order valence-corrected chi connectivity index (χ4v) is 5.67. The van der Waals surface area contributed by atoms with Crippen LogP contribution in [0.4, 0.5) is 0 Å². The van der Waals surface area contributed by atoms with Crippen molar-refractivity contribution in [1.29, 1.82) is 0 Å². The largest absolute Gasteiger partial charge is 0.462 e. The van der Waals surface area contributed by atoms with E-state index in [1.807, 2.05) is 63.2 Å². The van der Waals surface area contributed by atoms with E-state index in [-0.39, 0.29) is 16.2 Å². The molecular formula is C28H33BrN2O4S. The summed E-state index contributed by atoms with van der Waals surface area (Å²) < 4.78 is 31.1. The van der Waals surface area contributed by atoms with Crippen LogP contribution in [0, 0.1) is 0 Å². The molecule has 0 saturated carbocycles. The number of nitrogens with one attached hydrogen (secondary N) is 1. The number of pyridine rings is 1. The van der Waals surface area contributed by atoms with E-state index in [2.05, 4.69) is 37.0 Å². The lowest BCUT2D eigenvalue weighted by molar-refractivity contribution is -0.138. The molecule has 3 aromatic rings. The summed E-state index contributed by atoms with van der Waals surface area (Å²) in [5, 5.41) is 4.27. The summed E-state index contributed by atoms with van der Waals surface area (Å²) in [5.74, 6) is 0.392. The third-order valence-corrected chi connectivity index (χ3v) is 8.12. The lowest BCUT2D eigenvalue weighted by atomic mass is 9.89. The van der Waals surface area contributed by atoms with Gasteiger partial charge < -0.3 is 10.1 Å². The minimum Gasteiger partial charge on any atom is -0.462 e. The highest BCUT2D eigenvalue weighted by Gasteiger charge is 2.20. The number of para-hydroxylation sites is 1. The zero-order valence-corrected chi connectivity index (χ0v) is 23.3. The summed E-state index contributed by atoms with van der Waals surface area (Å²) in [6.07, 6.45) is 5.37. The van der Waals surface area contributed by atoms with Gasteiger partial charge in [-0.05, 0) is 69.8 Å². The number of rotatable bonds is 6. The van der Waals surface area contributed by atoms with Gasteiger partial charge in [0.05, 0.1) is 16.2 Å². The van der Waals surface area contributed by atoms with E-state index in [9.17, 15) is 13.2 Å². The first kappa shape index (κ1) is 28.0. The van der Waals surface area contributed by atoms with Crippen molar-refractivity contribution in [2.45, 2.75) is 50.0 Å². The van der Waals surface area contributed by atoms with Gasteiger partial charge in [0, 0.05) is 16.1 Å². The number of piperidine rings is 1. The molecule has 0 spiro atoms. The van der Waals surface area contributed by atoms with Gasteiger partial charge in [-0.1, -0.05) is 70.5 Å². The van der Waals surface area contributed by atoms with Gasteiger partial charge in [-0.3, -0.25) is 9.78 Å². The summed E-state index contributed by atoms with van der Waals surface area (Å²) in [4.78, 5) is 14.4. The summed E-state index contributed by atoms with van der Waals surface area (Å²) in [6.45, 7) is 7.94. The first-order valence-electron chi connectivity index (χ1n) is 12.0. The molecule has 0 aliphatic carbocycles. The third-order valence-electron chi connectivity index (χ3n) is 5.79. The normalized spacial score (nSPS) is 15.2. The number of carbonyl (C=O) groups excluding carboxylic acids is 1. The topological polar surface area (TPSA) is 85.4 Å². The molecule has 1 N–H and O–H groups in total. The van der Waals surface area contributed by atoms with E-state index in [1.54, 1.807) is 12.1 Å². The third kappa shape index (κ3) is 7.98. The van der Waals surface area contributed by atoms with E-state index in [0.29, 0.717) is 12.4 Å². The Balaban J connectivity index is 0.000000454. The number of hydrogen-bond acceptors (Lipinski definition) is 6. The van der Waals surface area contributed by atoms with Gasteiger partial charge in [-0.25, -0.2) is 8.42 Å². The van der Waals surface area contributed by atoms with Crippen LogP contribution in [0.5, 0.6) is 0 Å². The number of sulfone groups is 1. The van der Waals surface area contributed by atoms with Gasteiger partial charge in [-0.2, -0.15) is 0 Å². The second-order valence-corrected chi connectivity index (χ2v) is 12.5. The molecule has 4 rings (SSSR count).